The molecule has 1 fully saturated rings. The van der Waals surface area contributed by atoms with Gasteiger partial charge in [0.1, 0.15) is 11.9 Å². The van der Waals surface area contributed by atoms with E-state index >= 15 is 0 Å². The minimum Gasteiger partial charge on any atom is -0.489 e. The van der Waals surface area contributed by atoms with Crippen molar-refractivity contribution in [3.05, 3.63) is 29.3 Å². The summed E-state index contributed by atoms with van der Waals surface area (Å²) in [5.41, 5.74) is 5.57. The Morgan fingerprint density at radius 1 is 1.26 bits per heavy atom. The van der Waals surface area contributed by atoms with Crippen molar-refractivity contribution in [1.82, 2.24) is 20.1 Å². The molecule has 0 amide bonds. The fourth-order valence-electron chi connectivity index (χ4n) is 2.68. The van der Waals surface area contributed by atoms with Crippen molar-refractivity contribution in [3.8, 4) is 5.75 Å². The summed E-state index contributed by atoms with van der Waals surface area (Å²) in [4.78, 5) is 8.68. The van der Waals surface area contributed by atoms with Crippen LogP contribution in [0.1, 0.15) is 6.92 Å². The summed E-state index contributed by atoms with van der Waals surface area (Å²) in [6.07, 6.45) is 0.113. The van der Waals surface area contributed by atoms with Gasteiger partial charge in [-0.2, -0.15) is 4.98 Å². The van der Waals surface area contributed by atoms with E-state index in [0.29, 0.717) is 16.9 Å². The molecule has 1 aliphatic heterocycles. The van der Waals surface area contributed by atoms with Gasteiger partial charge in [0.15, 0.2) is 0 Å². The predicted octanol–water partition coefficient (Wildman–Crippen LogP) is 1.63. The molecule has 23 heavy (non-hydrogen) atoms. The van der Waals surface area contributed by atoms with E-state index < -0.39 is 0 Å². The SMILES string of the molecule is C[C@H](CN1CCN(c2n[nH]c(N)n2)CC1)Oc1ccc(Cl)cc1. The number of nitrogens with two attached hydrogens (primary N) is 1. The van der Waals surface area contributed by atoms with E-state index in [9.17, 15) is 0 Å². The van der Waals surface area contributed by atoms with Crippen LogP contribution in [0.2, 0.25) is 5.02 Å². The number of nitrogens with one attached hydrogen (secondary N) is 1. The molecule has 1 atom stereocenters. The maximum Gasteiger partial charge on any atom is 0.246 e. The molecule has 3 N–H and O–H groups in total. The van der Waals surface area contributed by atoms with Crippen molar-refractivity contribution in [2.24, 2.45) is 0 Å². The van der Waals surface area contributed by atoms with Gasteiger partial charge in [-0.1, -0.05) is 11.6 Å². The quantitative estimate of drug-likeness (QED) is 0.863. The fourth-order valence-corrected chi connectivity index (χ4v) is 2.81. The highest BCUT2D eigenvalue weighted by molar-refractivity contribution is 6.30. The Bertz CT molecular complexity index is 623. The number of nitrogens with zero attached hydrogens (tertiary/aromatic N) is 4. The zero-order valence-corrected chi connectivity index (χ0v) is 13.8. The molecule has 0 spiro atoms. The van der Waals surface area contributed by atoms with Crippen molar-refractivity contribution in [1.29, 1.82) is 0 Å². The zero-order chi connectivity index (χ0) is 16.2. The van der Waals surface area contributed by atoms with Crippen LogP contribution in [0.25, 0.3) is 0 Å². The van der Waals surface area contributed by atoms with Crippen LogP contribution in [-0.2, 0) is 0 Å². The van der Waals surface area contributed by atoms with Gasteiger partial charge in [0.05, 0.1) is 0 Å². The fraction of sp³-hybridized carbons (Fsp3) is 0.467. The van der Waals surface area contributed by atoms with Crippen LogP contribution in [0.5, 0.6) is 5.75 Å². The number of nitrogen functional groups attached to an aromatic ring is 1. The Morgan fingerprint density at radius 3 is 2.57 bits per heavy atom. The molecular formula is C15H21ClN6O. The number of aromatic amines is 1. The van der Waals surface area contributed by atoms with Gasteiger partial charge in [-0.25, -0.2) is 5.10 Å². The van der Waals surface area contributed by atoms with Crippen LogP contribution in [0.3, 0.4) is 0 Å². The lowest BCUT2D eigenvalue weighted by molar-refractivity contribution is 0.140. The van der Waals surface area contributed by atoms with Crippen LogP contribution in [0.15, 0.2) is 24.3 Å². The van der Waals surface area contributed by atoms with Crippen LogP contribution < -0.4 is 15.4 Å². The van der Waals surface area contributed by atoms with Gasteiger partial charge in [0.25, 0.3) is 0 Å². The molecule has 124 valence electrons. The average molecular weight is 337 g/mol. The summed E-state index contributed by atoms with van der Waals surface area (Å²) >= 11 is 5.88. The number of H-pyrrole nitrogens is 1. The van der Waals surface area contributed by atoms with Crippen LogP contribution in [-0.4, -0.2) is 58.9 Å². The smallest absolute Gasteiger partial charge is 0.246 e. The highest BCUT2D eigenvalue weighted by Crippen LogP contribution is 2.17. The largest absolute Gasteiger partial charge is 0.489 e. The number of benzene rings is 1. The van der Waals surface area contributed by atoms with Gasteiger partial charge in [0.2, 0.25) is 11.9 Å². The van der Waals surface area contributed by atoms with Gasteiger partial charge in [0, 0.05) is 37.7 Å². The van der Waals surface area contributed by atoms with E-state index in [1.165, 1.54) is 0 Å². The lowest BCUT2D eigenvalue weighted by Gasteiger charge is -2.35. The van der Waals surface area contributed by atoms with Gasteiger partial charge in [-0.05, 0) is 31.2 Å². The molecule has 0 unspecified atom stereocenters. The molecule has 1 aromatic heterocycles. The van der Waals surface area contributed by atoms with E-state index in [0.717, 1.165) is 38.5 Å². The first kappa shape index (κ1) is 15.9. The summed E-state index contributed by atoms with van der Waals surface area (Å²) in [7, 11) is 0. The summed E-state index contributed by atoms with van der Waals surface area (Å²) in [6.45, 7) is 6.62. The Morgan fingerprint density at radius 2 is 1.96 bits per heavy atom. The second-order valence-corrected chi connectivity index (χ2v) is 6.13. The summed E-state index contributed by atoms with van der Waals surface area (Å²) in [6, 6.07) is 7.46. The molecule has 7 nitrogen and oxygen atoms in total. The lowest BCUT2D eigenvalue weighted by atomic mass is 10.2. The minimum absolute atomic E-state index is 0.113. The van der Waals surface area contributed by atoms with E-state index in [1.807, 2.05) is 24.3 Å². The first-order valence-electron chi connectivity index (χ1n) is 7.67. The topological polar surface area (TPSA) is 83.3 Å². The molecule has 2 aromatic rings. The summed E-state index contributed by atoms with van der Waals surface area (Å²) in [5.74, 6) is 1.87. The molecule has 0 radical (unpaired) electrons. The third-order valence-corrected chi connectivity index (χ3v) is 4.06. The minimum atomic E-state index is 0.113. The number of aromatic nitrogens is 3. The van der Waals surface area contributed by atoms with E-state index in [2.05, 4.69) is 31.9 Å². The Balaban J connectivity index is 1.45. The molecule has 0 aliphatic carbocycles. The molecular weight excluding hydrogens is 316 g/mol. The predicted molar refractivity (Wildman–Crippen MR) is 91.0 cm³/mol. The van der Waals surface area contributed by atoms with E-state index in [-0.39, 0.29) is 6.10 Å². The normalized spacial score (nSPS) is 17.2. The maximum absolute atomic E-state index is 5.93. The van der Waals surface area contributed by atoms with Gasteiger partial charge in [-0.3, -0.25) is 4.90 Å². The standard InChI is InChI=1S/C15H21ClN6O/c1-11(23-13-4-2-12(16)3-5-13)10-21-6-8-22(9-7-21)15-18-14(17)19-20-15/h2-5,11H,6-10H2,1H3,(H3,17,18,19,20)/t11-/m1/s1. The van der Waals surface area contributed by atoms with Gasteiger partial charge >= 0.3 is 0 Å². The number of hydrogen-bond donors (Lipinski definition) is 2. The van der Waals surface area contributed by atoms with Crippen LogP contribution in [0.4, 0.5) is 11.9 Å². The van der Waals surface area contributed by atoms with Gasteiger partial charge in [-0.15, -0.1) is 5.10 Å². The first-order valence-corrected chi connectivity index (χ1v) is 8.05. The third-order valence-electron chi connectivity index (χ3n) is 3.81. The highest BCUT2D eigenvalue weighted by Gasteiger charge is 2.21. The average Bonchev–Trinajstić information content (AvgIpc) is 2.97. The second-order valence-electron chi connectivity index (χ2n) is 5.69. The van der Waals surface area contributed by atoms with E-state index in [4.69, 9.17) is 22.1 Å². The number of hydrogen-bond acceptors (Lipinski definition) is 6. The highest BCUT2D eigenvalue weighted by atomic mass is 35.5. The van der Waals surface area contributed by atoms with Crippen molar-refractivity contribution in [2.45, 2.75) is 13.0 Å². The number of piperazine rings is 1. The Labute approximate surface area is 140 Å². The molecule has 2 heterocycles. The molecule has 0 bridgehead atoms. The lowest BCUT2D eigenvalue weighted by Crippen LogP contribution is -2.49. The summed E-state index contributed by atoms with van der Waals surface area (Å²) < 4.78 is 5.93. The Kier molecular flexibility index (Phi) is 4.88. The van der Waals surface area contributed by atoms with Crippen LogP contribution in [0, 0.1) is 0 Å². The number of ether oxygens (including phenoxy) is 1. The molecule has 1 aromatic carbocycles. The van der Waals surface area contributed by atoms with E-state index in [1.54, 1.807) is 0 Å². The van der Waals surface area contributed by atoms with Crippen molar-refractivity contribution < 1.29 is 4.74 Å². The molecule has 8 heteroatoms. The van der Waals surface area contributed by atoms with Crippen molar-refractivity contribution >= 4 is 23.5 Å². The van der Waals surface area contributed by atoms with Crippen molar-refractivity contribution in [2.75, 3.05) is 43.4 Å². The monoisotopic (exact) mass is 336 g/mol. The first-order chi connectivity index (χ1) is 11.1. The molecule has 1 saturated heterocycles. The van der Waals surface area contributed by atoms with Crippen LogP contribution >= 0.6 is 11.6 Å². The van der Waals surface area contributed by atoms with Gasteiger partial charge < -0.3 is 15.4 Å². The molecule has 1 aliphatic rings. The zero-order valence-electron chi connectivity index (χ0n) is 13.1. The number of rotatable bonds is 5. The Hall–Kier alpha value is -1.99. The third kappa shape index (κ3) is 4.27. The number of anilines is 2. The molecule has 3 rings (SSSR count). The summed E-state index contributed by atoms with van der Waals surface area (Å²) in [5, 5.41) is 7.49. The number of halogens is 1. The van der Waals surface area contributed by atoms with Crippen molar-refractivity contribution in [3.63, 3.8) is 0 Å². The second kappa shape index (κ2) is 7.06. The molecule has 0 saturated carbocycles. The maximum atomic E-state index is 5.93.